The van der Waals surface area contributed by atoms with E-state index in [-0.39, 0.29) is 23.6 Å². The fourth-order valence-electron chi connectivity index (χ4n) is 4.27. The van der Waals surface area contributed by atoms with E-state index in [4.69, 9.17) is 4.74 Å². The molecule has 0 bridgehead atoms. The minimum atomic E-state index is -0.227. The predicted molar refractivity (Wildman–Crippen MR) is 112 cm³/mol. The van der Waals surface area contributed by atoms with Crippen molar-refractivity contribution in [3.05, 3.63) is 69.9 Å². The summed E-state index contributed by atoms with van der Waals surface area (Å²) < 4.78 is 7.04. The van der Waals surface area contributed by atoms with Crippen molar-refractivity contribution in [1.82, 2.24) is 30.1 Å². The summed E-state index contributed by atoms with van der Waals surface area (Å²) in [4.78, 5) is 26.6. The normalized spacial score (nSPS) is 20.8. The lowest BCUT2D eigenvalue weighted by Crippen LogP contribution is -2.40. The van der Waals surface area contributed by atoms with Crippen molar-refractivity contribution < 1.29 is 9.53 Å². The molecule has 2 aromatic heterocycles. The molecule has 0 unspecified atom stereocenters. The number of amides is 1. The van der Waals surface area contributed by atoms with Gasteiger partial charge in [-0.05, 0) is 37.8 Å². The summed E-state index contributed by atoms with van der Waals surface area (Å²) in [5.41, 5.74) is 2.88. The zero-order valence-electron chi connectivity index (χ0n) is 17.1. The number of para-hydroxylation sites is 1. The molecule has 3 aromatic rings. The van der Waals surface area contributed by atoms with Gasteiger partial charge in [-0.1, -0.05) is 18.2 Å². The summed E-state index contributed by atoms with van der Waals surface area (Å²) in [6.45, 7) is 1.11. The van der Waals surface area contributed by atoms with E-state index in [9.17, 15) is 9.59 Å². The molecule has 1 N–H and O–H groups in total. The molecular formula is C22H24N6O3. The molecule has 0 atom stereocenters. The number of aromatic nitrogens is 5. The van der Waals surface area contributed by atoms with Crippen LogP contribution in [-0.4, -0.2) is 43.3 Å². The van der Waals surface area contributed by atoms with Crippen molar-refractivity contribution in [3.63, 3.8) is 0 Å². The van der Waals surface area contributed by atoms with E-state index in [2.05, 4.69) is 20.6 Å². The minimum absolute atomic E-state index is 0.0485. The van der Waals surface area contributed by atoms with Crippen LogP contribution in [0.3, 0.4) is 0 Å². The molecule has 9 nitrogen and oxygen atoms in total. The second-order valence-electron chi connectivity index (χ2n) is 8.04. The van der Waals surface area contributed by atoms with Gasteiger partial charge >= 0.3 is 0 Å². The average Bonchev–Trinajstić information content (AvgIpc) is 3.30. The van der Waals surface area contributed by atoms with Crippen LogP contribution in [0.15, 0.2) is 47.4 Å². The van der Waals surface area contributed by atoms with Gasteiger partial charge in [0.25, 0.3) is 11.5 Å². The van der Waals surface area contributed by atoms with Gasteiger partial charge < -0.3 is 10.1 Å². The van der Waals surface area contributed by atoms with Crippen molar-refractivity contribution in [2.45, 2.75) is 50.8 Å². The van der Waals surface area contributed by atoms with Gasteiger partial charge in [0, 0.05) is 24.1 Å². The number of rotatable bonds is 4. The fourth-order valence-corrected chi connectivity index (χ4v) is 4.27. The van der Waals surface area contributed by atoms with Crippen LogP contribution >= 0.6 is 0 Å². The fraction of sp³-hybridized carbons (Fsp3) is 0.409. The number of hydrogen-bond donors (Lipinski definition) is 1. The van der Waals surface area contributed by atoms with Crippen LogP contribution < -0.4 is 10.9 Å². The molecule has 1 aliphatic heterocycles. The third-order valence-electron chi connectivity index (χ3n) is 5.95. The first-order valence-corrected chi connectivity index (χ1v) is 10.7. The largest absolute Gasteiger partial charge is 0.376 e. The molecule has 1 amide bonds. The molecule has 1 saturated carbocycles. The highest BCUT2D eigenvalue weighted by atomic mass is 16.5. The summed E-state index contributed by atoms with van der Waals surface area (Å²) in [5, 5.41) is 16.2. The zero-order valence-corrected chi connectivity index (χ0v) is 17.1. The maximum Gasteiger partial charge on any atom is 0.273 e. The molecule has 0 radical (unpaired) electrons. The Morgan fingerprint density at radius 2 is 1.90 bits per heavy atom. The lowest BCUT2D eigenvalue weighted by molar-refractivity contribution is 0.0915. The van der Waals surface area contributed by atoms with Crippen LogP contribution in [-0.2, 0) is 17.8 Å². The lowest BCUT2D eigenvalue weighted by Gasteiger charge is -2.30. The number of nitrogens with one attached hydrogen (secondary N) is 1. The highest BCUT2D eigenvalue weighted by Crippen LogP contribution is 2.27. The van der Waals surface area contributed by atoms with Crippen LogP contribution in [0.2, 0.25) is 0 Å². The second kappa shape index (κ2) is 8.43. The molecule has 0 saturated heterocycles. The van der Waals surface area contributed by atoms with Gasteiger partial charge in [0.05, 0.1) is 36.8 Å². The quantitative estimate of drug-likeness (QED) is 0.690. The molecule has 5 rings (SSSR count). The summed E-state index contributed by atoms with van der Waals surface area (Å²) >= 11 is 0. The van der Waals surface area contributed by atoms with Crippen molar-refractivity contribution in [2.24, 2.45) is 0 Å². The van der Waals surface area contributed by atoms with Crippen LogP contribution in [0.5, 0.6) is 0 Å². The first kappa shape index (κ1) is 19.6. The maximum absolute atomic E-state index is 12.6. The Balaban J connectivity index is 1.20. The van der Waals surface area contributed by atoms with E-state index in [1.807, 2.05) is 30.3 Å². The molecule has 1 aliphatic carbocycles. The van der Waals surface area contributed by atoms with Crippen molar-refractivity contribution in [1.29, 1.82) is 0 Å². The highest BCUT2D eigenvalue weighted by molar-refractivity contribution is 5.92. The SMILES string of the molecule is O=C(NC1CCC(n2nc3c(cc2=O)COCC3)CC1)c1cnn(-c2ccccc2)n1. The van der Waals surface area contributed by atoms with Crippen molar-refractivity contribution in [2.75, 3.05) is 6.61 Å². The standard InChI is InChI=1S/C22H24N6O3/c29-21-12-15-14-31-11-10-19(15)25-27(21)17-8-6-16(7-9-17)24-22(30)20-13-23-28(26-20)18-4-2-1-3-5-18/h1-5,12-13,16-17H,6-11,14H2,(H,24,30). The molecule has 0 spiro atoms. The number of benzene rings is 1. The Bertz CT molecular complexity index is 1130. The Hall–Kier alpha value is -3.33. The van der Waals surface area contributed by atoms with Gasteiger partial charge in [-0.25, -0.2) is 4.68 Å². The smallest absolute Gasteiger partial charge is 0.273 e. The number of fused-ring (bicyclic) bond motifs is 1. The molecule has 2 aliphatic rings. The van der Waals surface area contributed by atoms with E-state index in [0.717, 1.165) is 49.0 Å². The van der Waals surface area contributed by atoms with Crippen molar-refractivity contribution in [3.8, 4) is 5.69 Å². The third kappa shape index (κ3) is 4.13. The number of hydrogen-bond acceptors (Lipinski definition) is 6. The number of carbonyl (C=O) groups excluding carboxylic acids is 1. The second-order valence-corrected chi connectivity index (χ2v) is 8.04. The lowest BCUT2D eigenvalue weighted by atomic mass is 9.91. The number of ether oxygens (including phenoxy) is 1. The summed E-state index contributed by atoms with van der Waals surface area (Å²) in [5.74, 6) is -0.227. The molecule has 31 heavy (non-hydrogen) atoms. The van der Waals surface area contributed by atoms with E-state index < -0.39 is 0 Å². The van der Waals surface area contributed by atoms with Crippen molar-refractivity contribution >= 4 is 5.91 Å². The first-order valence-electron chi connectivity index (χ1n) is 10.7. The van der Waals surface area contributed by atoms with Crippen LogP contribution in [0, 0.1) is 0 Å². The third-order valence-corrected chi connectivity index (χ3v) is 5.95. The highest BCUT2D eigenvalue weighted by Gasteiger charge is 2.27. The molecule has 9 heteroatoms. The zero-order chi connectivity index (χ0) is 21.2. The molecular weight excluding hydrogens is 396 g/mol. The van der Waals surface area contributed by atoms with Gasteiger partial charge in [-0.3, -0.25) is 9.59 Å². The van der Waals surface area contributed by atoms with Gasteiger partial charge in [0.1, 0.15) is 0 Å². The van der Waals surface area contributed by atoms with E-state index in [1.54, 1.807) is 10.7 Å². The van der Waals surface area contributed by atoms with E-state index >= 15 is 0 Å². The van der Waals surface area contributed by atoms with Crippen LogP contribution in [0.4, 0.5) is 0 Å². The Kier molecular flexibility index (Phi) is 5.33. The molecule has 1 fully saturated rings. The van der Waals surface area contributed by atoms with Gasteiger partial charge in [-0.15, -0.1) is 5.10 Å². The summed E-state index contributed by atoms with van der Waals surface area (Å²) in [6.07, 6.45) is 5.39. The van der Waals surface area contributed by atoms with Crippen LogP contribution in [0.25, 0.3) is 5.69 Å². The van der Waals surface area contributed by atoms with E-state index in [1.165, 1.54) is 11.0 Å². The average molecular weight is 420 g/mol. The number of carbonyl (C=O) groups is 1. The molecule has 3 heterocycles. The van der Waals surface area contributed by atoms with Crippen LogP contribution in [0.1, 0.15) is 53.5 Å². The predicted octanol–water partition coefficient (Wildman–Crippen LogP) is 1.81. The number of nitrogens with zero attached hydrogens (tertiary/aromatic N) is 5. The van der Waals surface area contributed by atoms with Gasteiger partial charge in [0.2, 0.25) is 0 Å². The molecule has 1 aromatic carbocycles. The molecule has 160 valence electrons. The summed E-state index contributed by atoms with van der Waals surface area (Å²) in [7, 11) is 0. The van der Waals surface area contributed by atoms with Gasteiger partial charge in [0.15, 0.2) is 5.69 Å². The maximum atomic E-state index is 12.6. The summed E-state index contributed by atoms with van der Waals surface area (Å²) in [6, 6.07) is 11.2. The Morgan fingerprint density at radius 3 is 2.71 bits per heavy atom. The first-order chi connectivity index (χ1) is 15.2. The van der Waals surface area contributed by atoms with Gasteiger partial charge in [-0.2, -0.15) is 15.0 Å². The monoisotopic (exact) mass is 420 g/mol. The van der Waals surface area contributed by atoms with E-state index in [0.29, 0.717) is 18.9 Å². The minimum Gasteiger partial charge on any atom is -0.376 e. The Labute approximate surface area is 179 Å². The topological polar surface area (TPSA) is 104 Å². The Morgan fingerprint density at radius 1 is 1.10 bits per heavy atom.